The van der Waals surface area contributed by atoms with Crippen LogP contribution in [0.25, 0.3) is 0 Å². The molecule has 0 spiro atoms. The molecular weight excluding hydrogens is 428 g/mol. The number of carbonyl (C=O) groups is 2. The molecule has 2 amide bonds. The first-order chi connectivity index (χ1) is 15.4. The average molecular weight is 455 g/mol. The molecule has 168 valence electrons. The van der Waals surface area contributed by atoms with Crippen molar-refractivity contribution in [1.82, 2.24) is 15.1 Å². The zero-order valence-corrected chi connectivity index (χ0v) is 19.1. The highest BCUT2D eigenvalue weighted by Crippen LogP contribution is 2.19. The Labute approximate surface area is 192 Å². The summed E-state index contributed by atoms with van der Waals surface area (Å²) in [6.07, 6.45) is 1.66. The lowest BCUT2D eigenvalue weighted by Gasteiger charge is -2.09. The average Bonchev–Trinajstić information content (AvgIpc) is 3.19. The van der Waals surface area contributed by atoms with E-state index in [2.05, 4.69) is 15.7 Å². The largest absolute Gasteiger partial charge is 0.489 e. The number of benzene rings is 2. The Morgan fingerprint density at radius 3 is 2.53 bits per heavy atom. The van der Waals surface area contributed by atoms with E-state index in [1.165, 1.54) is 0 Å². The Balaban J connectivity index is 1.65. The van der Waals surface area contributed by atoms with Gasteiger partial charge in [-0.05, 0) is 48.7 Å². The number of nitrogens with one attached hydrogen (secondary N) is 2. The molecule has 1 heterocycles. The van der Waals surface area contributed by atoms with Gasteiger partial charge in [0, 0.05) is 29.9 Å². The number of ether oxygens (including phenoxy) is 1. The summed E-state index contributed by atoms with van der Waals surface area (Å²) in [6.45, 7) is 7.41. The molecule has 0 aliphatic carbocycles. The van der Waals surface area contributed by atoms with Crippen LogP contribution in [0, 0.1) is 5.92 Å². The van der Waals surface area contributed by atoms with E-state index in [4.69, 9.17) is 16.3 Å². The van der Waals surface area contributed by atoms with Crippen LogP contribution in [0.2, 0.25) is 5.02 Å². The maximum Gasteiger partial charge on any atom is 0.273 e. The summed E-state index contributed by atoms with van der Waals surface area (Å²) in [5, 5.41) is 10.5. The molecule has 2 N–H and O–H groups in total. The Kier molecular flexibility index (Phi) is 7.89. The summed E-state index contributed by atoms with van der Waals surface area (Å²) in [7, 11) is 0. The Hall–Kier alpha value is -3.32. The first-order valence-corrected chi connectivity index (χ1v) is 10.9. The van der Waals surface area contributed by atoms with Crippen LogP contribution in [0.15, 0.2) is 54.7 Å². The molecule has 0 saturated carbocycles. The Bertz CT molecular complexity index is 1080. The van der Waals surface area contributed by atoms with Crippen molar-refractivity contribution in [3.05, 3.63) is 76.6 Å². The molecule has 3 aromatic rings. The summed E-state index contributed by atoms with van der Waals surface area (Å²) in [6, 6.07) is 14.3. The number of nitrogens with zero attached hydrogens (tertiary/aromatic N) is 2. The number of aryl methyl sites for hydroxylation is 1. The second kappa shape index (κ2) is 10.8. The van der Waals surface area contributed by atoms with Gasteiger partial charge in [-0.15, -0.1) is 0 Å². The van der Waals surface area contributed by atoms with Crippen molar-refractivity contribution < 1.29 is 14.3 Å². The predicted molar refractivity (Wildman–Crippen MR) is 125 cm³/mol. The third-order valence-electron chi connectivity index (χ3n) is 4.64. The van der Waals surface area contributed by atoms with Crippen LogP contribution in [-0.4, -0.2) is 28.1 Å². The molecule has 0 bridgehead atoms. The standard InChI is InChI=1S/C24H27ClN4O3/c1-4-29-14-21(22(28-29)24(31)26-13-16(2)3)27-23(30)18-10-8-17(9-11-18)15-32-20-7-5-6-19(25)12-20/h5-12,14,16H,4,13,15H2,1-3H3,(H,26,31)(H,27,30). The number of rotatable bonds is 9. The summed E-state index contributed by atoms with van der Waals surface area (Å²) < 4.78 is 7.35. The molecule has 32 heavy (non-hydrogen) atoms. The van der Waals surface area contributed by atoms with Gasteiger partial charge in [0.15, 0.2) is 5.69 Å². The summed E-state index contributed by atoms with van der Waals surface area (Å²) in [4.78, 5) is 25.3. The topological polar surface area (TPSA) is 85.2 Å². The second-order valence-electron chi connectivity index (χ2n) is 7.75. The minimum atomic E-state index is -0.319. The predicted octanol–water partition coefficient (Wildman–Crippen LogP) is 4.77. The van der Waals surface area contributed by atoms with Gasteiger partial charge in [-0.3, -0.25) is 14.3 Å². The second-order valence-corrected chi connectivity index (χ2v) is 8.18. The van der Waals surface area contributed by atoms with Crippen molar-refractivity contribution in [3.63, 3.8) is 0 Å². The van der Waals surface area contributed by atoms with Gasteiger partial charge in [-0.2, -0.15) is 5.10 Å². The van der Waals surface area contributed by atoms with E-state index in [0.29, 0.717) is 47.6 Å². The van der Waals surface area contributed by atoms with Crippen LogP contribution in [0.5, 0.6) is 5.75 Å². The van der Waals surface area contributed by atoms with Crippen molar-refractivity contribution in [3.8, 4) is 5.75 Å². The molecule has 3 rings (SSSR count). The first kappa shape index (κ1) is 23.3. The number of carbonyl (C=O) groups excluding carboxylic acids is 2. The van der Waals surface area contributed by atoms with Gasteiger partial charge in [-0.25, -0.2) is 0 Å². The number of hydrogen-bond acceptors (Lipinski definition) is 4. The van der Waals surface area contributed by atoms with Gasteiger partial charge >= 0.3 is 0 Å². The molecule has 0 atom stereocenters. The molecule has 7 nitrogen and oxygen atoms in total. The maximum absolute atomic E-state index is 12.8. The zero-order valence-electron chi connectivity index (χ0n) is 18.4. The van der Waals surface area contributed by atoms with E-state index >= 15 is 0 Å². The fraction of sp³-hybridized carbons (Fsp3) is 0.292. The highest BCUT2D eigenvalue weighted by molar-refractivity contribution is 6.30. The fourth-order valence-corrected chi connectivity index (χ4v) is 3.07. The summed E-state index contributed by atoms with van der Waals surface area (Å²) in [5.41, 5.74) is 1.96. The number of anilines is 1. The van der Waals surface area contributed by atoms with Gasteiger partial charge in [-0.1, -0.05) is 43.6 Å². The third kappa shape index (κ3) is 6.34. The lowest BCUT2D eigenvalue weighted by Crippen LogP contribution is -2.28. The van der Waals surface area contributed by atoms with Gasteiger partial charge in [0.1, 0.15) is 12.4 Å². The fourth-order valence-electron chi connectivity index (χ4n) is 2.89. The number of halogens is 1. The third-order valence-corrected chi connectivity index (χ3v) is 4.87. The smallest absolute Gasteiger partial charge is 0.273 e. The first-order valence-electron chi connectivity index (χ1n) is 10.5. The molecule has 0 fully saturated rings. The molecule has 0 radical (unpaired) electrons. The summed E-state index contributed by atoms with van der Waals surface area (Å²) in [5.74, 6) is 0.359. The summed E-state index contributed by atoms with van der Waals surface area (Å²) >= 11 is 5.97. The van der Waals surface area contributed by atoms with Crippen molar-refractivity contribution in [1.29, 1.82) is 0 Å². The molecule has 0 unspecified atom stereocenters. The minimum Gasteiger partial charge on any atom is -0.489 e. The van der Waals surface area contributed by atoms with Crippen LogP contribution < -0.4 is 15.4 Å². The quantitative estimate of drug-likeness (QED) is 0.487. The highest BCUT2D eigenvalue weighted by atomic mass is 35.5. The van der Waals surface area contributed by atoms with Crippen molar-refractivity contribution in [2.24, 2.45) is 5.92 Å². The lowest BCUT2D eigenvalue weighted by molar-refractivity contribution is 0.0944. The van der Waals surface area contributed by atoms with Gasteiger partial charge in [0.25, 0.3) is 11.8 Å². The van der Waals surface area contributed by atoms with Gasteiger partial charge < -0.3 is 15.4 Å². The van der Waals surface area contributed by atoms with E-state index in [1.54, 1.807) is 35.1 Å². The monoisotopic (exact) mass is 454 g/mol. The SMILES string of the molecule is CCn1cc(NC(=O)c2ccc(COc3cccc(Cl)c3)cc2)c(C(=O)NCC(C)C)n1. The molecule has 2 aromatic carbocycles. The normalized spacial score (nSPS) is 10.8. The minimum absolute atomic E-state index is 0.201. The number of amides is 2. The van der Waals surface area contributed by atoms with Crippen LogP contribution in [0.4, 0.5) is 5.69 Å². The van der Waals surface area contributed by atoms with Crippen LogP contribution in [-0.2, 0) is 13.2 Å². The van der Waals surface area contributed by atoms with Crippen molar-refractivity contribution >= 4 is 29.1 Å². The van der Waals surface area contributed by atoms with Gasteiger partial charge in [0.2, 0.25) is 0 Å². The van der Waals surface area contributed by atoms with Gasteiger partial charge in [0.05, 0.1) is 5.69 Å². The van der Waals surface area contributed by atoms with E-state index < -0.39 is 0 Å². The molecule has 0 aliphatic heterocycles. The number of hydrogen-bond donors (Lipinski definition) is 2. The van der Waals surface area contributed by atoms with Crippen molar-refractivity contribution in [2.75, 3.05) is 11.9 Å². The zero-order chi connectivity index (χ0) is 23.1. The van der Waals surface area contributed by atoms with E-state index in [1.807, 2.05) is 45.0 Å². The molecule has 0 aliphatic rings. The van der Waals surface area contributed by atoms with E-state index in [9.17, 15) is 9.59 Å². The molecule has 1 aromatic heterocycles. The van der Waals surface area contributed by atoms with Crippen LogP contribution in [0.1, 0.15) is 47.2 Å². The van der Waals surface area contributed by atoms with E-state index in [-0.39, 0.29) is 17.5 Å². The molecular formula is C24H27ClN4O3. The number of aromatic nitrogens is 2. The molecule has 8 heteroatoms. The van der Waals surface area contributed by atoms with Crippen LogP contribution in [0.3, 0.4) is 0 Å². The van der Waals surface area contributed by atoms with E-state index in [0.717, 1.165) is 5.56 Å². The van der Waals surface area contributed by atoms with Crippen LogP contribution >= 0.6 is 11.6 Å². The Morgan fingerprint density at radius 2 is 1.88 bits per heavy atom. The Morgan fingerprint density at radius 1 is 1.12 bits per heavy atom. The van der Waals surface area contributed by atoms with Crippen molar-refractivity contribution in [2.45, 2.75) is 33.9 Å². The lowest BCUT2D eigenvalue weighted by atomic mass is 10.1. The molecule has 0 saturated heterocycles. The maximum atomic E-state index is 12.8. The highest BCUT2D eigenvalue weighted by Gasteiger charge is 2.19.